The van der Waals surface area contributed by atoms with Crippen LogP contribution in [0.25, 0.3) is 0 Å². The third kappa shape index (κ3) is 5.38. The van der Waals surface area contributed by atoms with E-state index in [-0.39, 0.29) is 5.91 Å². The van der Waals surface area contributed by atoms with Crippen LogP contribution >= 0.6 is 11.6 Å². The van der Waals surface area contributed by atoms with Gasteiger partial charge in [0.05, 0.1) is 6.54 Å². The number of carbonyl (C=O) groups excluding carboxylic acids is 1. The molecule has 4 nitrogen and oxygen atoms in total. The van der Waals surface area contributed by atoms with Gasteiger partial charge in [0.25, 0.3) is 0 Å². The third-order valence-corrected chi connectivity index (χ3v) is 2.78. The summed E-state index contributed by atoms with van der Waals surface area (Å²) in [5, 5.41) is 3.63. The van der Waals surface area contributed by atoms with Gasteiger partial charge >= 0.3 is 0 Å². The maximum absolute atomic E-state index is 11.6. The second-order valence-electron chi connectivity index (χ2n) is 3.97. The molecule has 0 aromatic heterocycles. The van der Waals surface area contributed by atoms with Crippen molar-refractivity contribution in [1.82, 2.24) is 10.2 Å². The van der Waals surface area contributed by atoms with Gasteiger partial charge in [-0.3, -0.25) is 4.79 Å². The Morgan fingerprint density at radius 1 is 1.39 bits per heavy atom. The van der Waals surface area contributed by atoms with Crippen LogP contribution in [-0.4, -0.2) is 44.6 Å². The lowest BCUT2D eigenvalue weighted by Gasteiger charge is -2.17. The molecule has 1 N–H and O–H groups in total. The molecular weight excluding hydrogens is 252 g/mol. The predicted octanol–water partition coefficient (Wildman–Crippen LogP) is 1.79. The Labute approximate surface area is 113 Å². The molecule has 0 unspecified atom stereocenters. The SMILES string of the molecule is CNCCC(=O)N(C)CCOc1ccc(Cl)cc1. The quantitative estimate of drug-likeness (QED) is 0.821. The number of likely N-dealkylation sites (N-methyl/N-ethyl adjacent to an activating group) is 1. The van der Waals surface area contributed by atoms with E-state index in [4.69, 9.17) is 16.3 Å². The van der Waals surface area contributed by atoms with E-state index in [1.54, 1.807) is 24.1 Å². The van der Waals surface area contributed by atoms with Gasteiger partial charge in [-0.25, -0.2) is 0 Å². The molecule has 0 atom stereocenters. The zero-order valence-corrected chi connectivity index (χ0v) is 11.5. The number of hydrogen-bond donors (Lipinski definition) is 1. The van der Waals surface area contributed by atoms with E-state index in [1.807, 2.05) is 19.2 Å². The molecule has 0 radical (unpaired) electrons. The van der Waals surface area contributed by atoms with Crippen LogP contribution in [0.3, 0.4) is 0 Å². The van der Waals surface area contributed by atoms with Crippen molar-refractivity contribution >= 4 is 17.5 Å². The highest BCUT2D eigenvalue weighted by Crippen LogP contribution is 2.15. The molecule has 1 aromatic carbocycles. The highest BCUT2D eigenvalue weighted by Gasteiger charge is 2.07. The molecule has 18 heavy (non-hydrogen) atoms. The summed E-state index contributed by atoms with van der Waals surface area (Å²) in [7, 11) is 3.61. The average Bonchev–Trinajstić information content (AvgIpc) is 2.38. The van der Waals surface area contributed by atoms with Crippen LogP contribution < -0.4 is 10.1 Å². The zero-order valence-electron chi connectivity index (χ0n) is 10.8. The topological polar surface area (TPSA) is 41.6 Å². The van der Waals surface area contributed by atoms with Crippen molar-refractivity contribution in [2.75, 3.05) is 33.8 Å². The molecule has 1 rings (SSSR count). The fourth-order valence-corrected chi connectivity index (χ4v) is 1.50. The van der Waals surface area contributed by atoms with Crippen LogP contribution in [0.4, 0.5) is 0 Å². The Morgan fingerprint density at radius 2 is 2.06 bits per heavy atom. The molecule has 0 aliphatic carbocycles. The fourth-order valence-electron chi connectivity index (χ4n) is 1.38. The van der Waals surface area contributed by atoms with Crippen molar-refractivity contribution in [1.29, 1.82) is 0 Å². The number of ether oxygens (including phenoxy) is 1. The van der Waals surface area contributed by atoms with Crippen molar-refractivity contribution in [2.45, 2.75) is 6.42 Å². The van der Waals surface area contributed by atoms with Gasteiger partial charge in [0.1, 0.15) is 12.4 Å². The maximum atomic E-state index is 11.6. The second-order valence-corrected chi connectivity index (χ2v) is 4.41. The average molecular weight is 271 g/mol. The predicted molar refractivity (Wildman–Crippen MR) is 73.1 cm³/mol. The van der Waals surface area contributed by atoms with E-state index in [0.29, 0.717) is 31.1 Å². The van der Waals surface area contributed by atoms with Crippen LogP contribution in [0.1, 0.15) is 6.42 Å². The molecule has 0 saturated carbocycles. The van der Waals surface area contributed by atoms with Crippen molar-refractivity contribution in [2.24, 2.45) is 0 Å². The van der Waals surface area contributed by atoms with E-state index in [2.05, 4.69) is 5.32 Å². The number of hydrogen-bond acceptors (Lipinski definition) is 3. The summed E-state index contributed by atoms with van der Waals surface area (Å²) in [5.74, 6) is 0.875. The molecule has 5 heteroatoms. The highest BCUT2D eigenvalue weighted by atomic mass is 35.5. The summed E-state index contributed by atoms with van der Waals surface area (Å²) in [4.78, 5) is 13.3. The molecule has 0 spiro atoms. The molecule has 1 aromatic rings. The van der Waals surface area contributed by atoms with Crippen LogP contribution in [-0.2, 0) is 4.79 Å². The first-order valence-electron chi connectivity index (χ1n) is 5.90. The lowest BCUT2D eigenvalue weighted by Crippen LogP contribution is -2.32. The van der Waals surface area contributed by atoms with Crippen LogP contribution in [0.2, 0.25) is 5.02 Å². The van der Waals surface area contributed by atoms with Crippen molar-refractivity contribution in [3.63, 3.8) is 0 Å². The second kappa shape index (κ2) is 7.95. The molecule has 0 aliphatic heterocycles. The number of nitrogens with one attached hydrogen (secondary N) is 1. The number of amides is 1. The number of benzene rings is 1. The summed E-state index contributed by atoms with van der Waals surface area (Å²) in [6.07, 6.45) is 0.508. The molecule has 0 bridgehead atoms. The smallest absolute Gasteiger partial charge is 0.223 e. The first-order chi connectivity index (χ1) is 8.63. The Morgan fingerprint density at radius 3 is 2.67 bits per heavy atom. The van der Waals surface area contributed by atoms with Crippen molar-refractivity contribution in [3.05, 3.63) is 29.3 Å². The molecule has 0 aliphatic rings. The standard InChI is InChI=1S/C13H19ClN2O2/c1-15-8-7-13(17)16(2)9-10-18-12-5-3-11(14)4-6-12/h3-6,15H,7-10H2,1-2H3. The fraction of sp³-hybridized carbons (Fsp3) is 0.462. The number of carbonyl (C=O) groups is 1. The van der Waals surface area contributed by atoms with E-state index in [9.17, 15) is 4.79 Å². The first-order valence-corrected chi connectivity index (χ1v) is 6.28. The minimum Gasteiger partial charge on any atom is -0.492 e. The van der Waals surface area contributed by atoms with Crippen LogP contribution in [0.15, 0.2) is 24.3 Å². The lowest BCUT2D eigenvalue weighted by molar-refractivity contribution is -0.130. The third-order valence-electron chi connectivity index (χ3n) is 2.52. The number of halogens is 1. The van der Waals surface area contributed by atoms with E-state index in [0.717, 1.165) is 5.75 Å². The van der Waals surface area contributed by atoms with Gasteiger partial charge in [-0.2, -0.15) is 0 Å². The maximum Gasteiger partial charge on any atom is 0.223 e. The van der Waals surface area contributed by atoms with E-state index < -0.39 is 0 Å². The highest BCUT2D eigenvalue weighted by molar-refractivity contribution is 6.30. The summed E-state index contributed by atoms with van der Waals surface area (Å²) in [6.45, 7) is 1.75. The number of nitrogens with zero attached hydrogens (tertiary/aromatic N) is 1. The molecule has 0 heterocycles. The Hall–Kier alpha value is -1.26. The molecule has 0 fully saturated rings. The van der Waals surface area contributed by atoms with E-state index in [1.165, 1.54) is 0 Å². The molecule has 100 valence electrons. The summed E-state index contributed by atoms with van der Waals surface area (Å²) in [5.41, 5.74) is 0. The van der Waals surface area contributed by atoms with Crippen LogP contribution in [0.5, 0.6) is 5.75 Å². The van der Waals surface area contributed by atoms with Gasteiger partial charge in [-0.15, -0.1) is 0 Å². The minimum atomic E-state index is 0.115. The van der Waals surface area contributed by atoms with Gasteiger partial charge in [-0.05, 0) is 31.3 Å². The molecule has 1 amide bonds. The van der Waals surface area contributed by atoms with E-state index >= 15 is 0 Å². The van der Waals surface area contributed by atoms with Gasteiger partial charge in [-0.1, -0.05) is 11.6 Å². The minimum absolute atomic E-state index is 0.115. The van der Waals surface area contributed by atoms with Crippen molar-refractivity contribution < 1.29 is 9.53 Å². The zero-order chi connectivity index (χ0) is 13.4. The largest absolute Gasteiger partial charge is 0.492 e. The monoisotopic (exact) mass is 270 g/mol. The Kier molecular flexibility index (Phi) is 6.54. The Bertz CT molecular complexity index is 368. The first kappa shape index (κ1) is 14.8. The number of rotatable bonds is 7. The van der Waals surface area contributed by atoms with Crippen molar-refractivity contribution in [3.8, 4) is 5.75 Å². The van der Waals surface area contributed by atoms with Crippen LogP contribution in [0, 0.1) is 0 Å². The van der Waals surface area contributed by atoms with Gasteiger partial charge in [0.15, 0.2) is 0 Å². The summed E-state index contributed by atoms with van der Waals surface area (Å²) >= 11 is 5.77. The lowest BCUT2D eigenvalue weighted by atomic mass is 10.3. The summed E-state index contributed by atoms with van der Waals surface area (Å²) in [6, 6.07) is 7.17. The van der Waals surface area contributed by atoms with Gasteiger partial charge in [0, 0.05) is 25.0 Å². The van der Waals surface area contributed by atoms with Gasteiger partial charge in [0.2, 0.25) is 5.91 Å². The van der Waals surface area contributed by atoms with Gasteiger partial charge < -0.3 is 15.0 Å². The molecular formula is C13H19ClN2O2. The molecule has 0 saturated heterocycles. The Balaban J connectivity index is 2.24. The summed E-state index contributed by atoms with van der Waals surface area (Å²) < 4.78 is 5.52. The normalized spacial score (nSPS) is 10.2.